The Bertz CT molecular complexity index is 1240. The van der Waals surface area contributed by atoms with Crippen molar-refractivity contribution in [2.24, 2.45) is 0 Å². The molecule has 1 aliphatic rings. The van der Waals surface area contributed by atoms with Gasteiger partial charge >= 0.3 is 0 Å². The van der Waals surface area contributed by atoms with Crippen molar-refractivity contribution in [3.63, 3.8) is 0 Å². The molecular formula is C25H27N5O. The molecule has 0 amide bonds. The van der Waals surface area contributed by atoms with Gasteiger partial charge in [-0.2, -0.15) is 5.10 Å². The van der Waals surface area contributed by atoms with Gasteiger partial charge < -0.3 is 10.5 Å². The maximum atomic E-state index is 6.12. The molecule has 158 valence electrons. The number of fused-ring (bicyclic) bond motifs is 2. The van der Waals surface area contributed by atoms with E-state index in [9.17, 15) is 0 Å². The van der Waals surface area contributed by atoms with Crippen molar-refractivity contribution in [3.05, 3.63) is 83.3 Å². The van der Waals surface area contributed by atoms with E-state index in [1.807, 2.05) is 49.7 Å². The van der Waals surface area contributed by atoms with Crippen LogP contribution < -0.4 is 10.5 Å². The van der Waals surface area contributed by atoms with Crippen LogP contribution in [0.4, 0.5) is 5.82 Å². The average Bonchev–Trinajstić information content (AvgIpc) is 3.17. The van der Waals surface area contributed by atoms with Crippen LogP contribution in [0.5, 0.6) is 5.75 Å². The van der Waals surface area contributed by atoms with Gasteiger partial charge in [0, 0.05) is 5.56 Å². The van der Waals surface area contributed by atoms with E-state index in [-0.39, 0.29) is 6.04 Å². The molecule has 1 aliphatic heterocycles. The second kappa shape index (κ2) is 8.60. The number of nitrogens with zero attached hydrogens (tertiary/aromatic N) is 4. The molecule has 0 fully saturated rings. The summed E-state index contributed by atoms with van der Waals surface area (Å²) >= 11 is 0. The van der Waals surface area contributed by atoms with Crippen molar-refractivity contribution in [3.8, 4) is 5.75 Å². The summed E-state index contributed by atoms with van der Waals surface area (Å²) in [7, 11) is 0. The van der Waals surface area contributed by atoms with E-state index < -0.39 is 0 Å². The molecule has 0 aliphatic carbocycles. The highest BCUT2D eigenvalue weighted by Crippen LogP contribution is 2.41. The number of hydrogen-bond donors (Lipinski definition) is 1. The number of rotatable bonds is 3. The second-order valence-corrected chi connectivity index (χ2v) is 7.21. The number of nitrogen functional groups attached to an aromatic ring is 1. The Morgan fingerprint density at radius 1 is 1.00 bits per heavy atom. The molecule has 2 aromatic carbocycles. The zero-order valence-corrected chi connectivity index (χ0v) is 18.3. The van der Waals surface area contributed by atoms with Crippen LogP contribution in [0, 0.1) is 6.92 Å². The molecule has 0 spiro atoms. The predicted octanol–water partition coefficient (Wildman–Crippen LogP) is 5.20. The first-order chi connectivity index (χ1) is 15.1. The summed E-state index contributed by atoms with van der Waals surface area (Å²) in [5.41, 5.74) is 12.2. The maximum Gasteiger partial charge on any atom is 0.164 e. The predicted molar refractivity (Wildman–Crippen MR) is 125 cm³/mol. The molecule has 3 heterocycles. The summed E-state index contributed by atoms with van der Waals surface area (Å²) in [5.74, 6) is 1.35. The van der Waals surface area contributed by atoms with Crippen LogP contribution in [0.15, 0.2) is 66.5 Å². The Morgan fingerprint density at radius 2 is 1.71 bits per heavy atom. The van der Waals surface area contributed by atoms with Crippen LogP contribution in [0.25, 0.3) is 16.6 Å². The van der Waals surface area contributed by atoms with Crippen molar-refractivity contribution in [2.45, 2.75) is 33.7 Å². The zero-order chi connectivity index (χ0) is 22.0. The third-order valence-electron chi connectivity index (χ3n) is 5.49. The van der Waals surface area contributed by atoms with Gasteiger partial charge in [0.15, 0.2) is 5.65 Å². The summed E-state index contributed by atoms with van der Waals surface area (Å²) in [5, 5.41) is 5.56. The largest absolute Gasteiger partial charge is 0.488 e. The van der Waals surface area contributed by atoms with Crippen LogP contribution in [0.3, 0.4) is 0 Å². The topological polar surface area (TPSA) is 78.8 Å². The van der Waals surface area contributed by atoms with Crippen LogP contribution in [-0.2, 0) is 0 Å². The normalized spacial score (nSPS) is 13.8. The molecule has 0 radical (unpaired) electrons. The van der Waals surface area contributed by atoms with Gasteiger partial charge in [0.25, 0.3) is 0 Å². The Balaban J connectivity index is 0.00000112. The Kier molecular flexibility index (Phi) is 5.71. The van der Waals surface area contributed by atoms with Gasteiger partial charge in [-0.15, -0.1) is 0 Å². The lowest BCUT2D eigenvalue weighted by Gasteiger charge is -2.28. The lowest BCUT2D eigenvalue weighted by molar-refractivity contribution is 0.327. The molecule has 4 aromatic rings. The summed E-state index contributed by atoms with van der Waals surface area (Å²) < 4.78 is 8.05. The number of hydrogen-bond acceptors (Lipinski definition) is 5. The standard InChI is InChI=1S/C23H21N5O.C2H6/c1-14-20-22(24)25-13-26-23(20)28(27-14)15(2)18-12-29-19-11-7-6-10-17(19)21(18)16-8-4-3-5-9-16;1-2/h3-11,13,15H,12H2,1-2H3,(H2,24,25,26);1-2H3. The summed E-state index contributed by atoms with van der Waals surface area (Å²) in [6, 6.07) is 18.5. The van der Waals surface area contributed by atoms with E-state index >= 15 is 0 Å². The molecular weight excluding hydrogens is 386 g/mol. The van der Waals surface area contributed by atoms with Gasteiger partial charge in [-0.25, -0.2) is 14.6 Å². The molecule has 0 saturated carbocycles. The zero-order valence-electron chi connectivity index (χ0n) is 18.3. The van der Waals surface area contributed by atoms with Crippen LogP contribution in [0.1, 0.15) is 43.6 Å². The SMILES string of the molecule is CC.Cc1nn(C(C)C2=C(c3ccccc3)c3ccccc3OC2)c2ncnc(N)c12. The van der Waals surface area contributed by atoms with Crippen molar-refractivity contribution in [1.29, 1.82) is 0 Å². The molecule has 2 aromatic heterocycles. The van der Waals surface area contributed by atoms with Gasteiger partial charge in [-0.05, 0) is 36.6 Å². The molecule has 1 atom stereocenters. The number of benzene rings is 2. The summed E-state index contributed by atoms with van der Waals surface area (Å²) in [6.07, 6.45) is 1.49. The Labute approximate surface area is 182 Å². The molecule has 0 saturated heterocycles. The fourth-order valence-corrected chi connectivity index (χ4v) is 4.06. The second-order valence-electron chi connectivity index (χ2n) is 7.21. The fourth-order valence-electron chi connectivity index (χ4n) is 4.06. The van der Waals surface area contributed by atoms with Crippen molar-refractivity contribution >= 4 is 22.4 Å². The number of ether oxygens (including phenoxy) is 1. The Hall–Kier alpha value is -3.67. The smallest absolute Gasteiger partial charge is 0.164 e. The van der Waals surface area contributed by atoms with E-state index in [4.69, 9.17) is 15.6 Å². The number of anilines is 1. The van der Waals surface area contributed by atoms with E-state index in [0.29, 0.717) is 12.4 Å². The van der Waals surface area contributed by atoms with E-state index in [0.717, 1.165) is 39.2 Å². The first kappa shape index (κ1) is 20.6. The van der Waals surface area contributed by atoms with Gasteiger partial charge in [0.05, 0.1) is 17.1 Å². The first-order valence-electron chi connectivity index (χ1n) is 10.6. The van der Waals surface area contributed by atoms with Crippen LogP contribution in [-0.4, -0.2) is 26.4 Å². The van der Waals surface area contributed by atoms with Crippen LogP contribution in [0.2, 0.25) is 0 Å². The molecule has 6 heteroatoms. The van der Waals surface area contributed by atoms with Crippen molar-refractivity contribution in [2.75, 3.05) is 12.3 Å². The monoisotopic (exact) mass is 413 g/mol. The number of para-hydroxylation sites is 1. The minimum absolute atomic E-state index is 0.0657. The summed E-state index contributed by atoms with van der Waals surface area (Å²) in [6.45, 7) is 8.55. The van der Waals surface area contributed by atoms with Crippen molar-refractivity contribution in [1.82, 2.24) is 19.7 Å². The Morgan fingerprint density at radius 3 is 2.48 bits per heavy atom. The molecule has 0 bridgehead atoms. The van der Waals surface area contributed by atoms with Gasteiger partial charge in [0.1, 0.15) is 24.5 Å². The lowest BCUT2D eigenvalue weighted by atomic mass is 9.88. The van der Waals surface area contributed by atoms with E-state index in [1.54, 1.807) is 0 Å². The van der Waals surface area contributed by atoms with Gasteiger partial charge in [0.2, 0.25) is 0 Å². The van der Waals surface area contributed by atoms with Crippen molar-refractivity contribution < 1.29 is 4.74 Å². The highest BCUT2D eigenvalue weighted by molar-refractivity contribution is 5.89. The quantitative estimate of drug-likeness (QED) is 0.499. The molecule has 31 heavy (non-hydrogen) atoms. The minimum atomic E-state index is -0.0657. The fraction of sp³-hybridized carbons (Fsp3) is 0.240. The van der Waals surface area contributed by atoms with Gasteiger partial charge in [-0.1, -0.05) is 62.4 Å². The average molecular weight is 414 g/mol. The van der Waals surface area contributed by atoms with E-state index in [2.05, 4.69) is 47.2 Å². The molecule has 6 nitrogen and oxygen atoms in total. The first-order valence-corrected chi connectivity index (χ1v) is 10.6. The number of aryl methyl sites for hydroxylation is 1. The lowest BCUT2D eigenvalue weighted by Crippen LogP contribution is -2.21. The van der Waals surface area contributed by atoms with Gasteiger partial charge in [-0.3, -0.25) is 0 Å². The minimum Gasteiger partial charge on any atom is -0.488 e. The van der Waals surface area contributed by atoms with Crippen LogP contribution >= 0.6 is 0 Å². The highest BCUT2D eigenvalue weighted by Gasteiger charge is 2.27. The molecule has 1 unspecified atom stereocenters. The maximum absolute atomic E-state index is 6.12. The highest BCUT2D eigenvalue weighted by atomic mass is 16.5. The number of nitrogens with two attached hydrogens (primary N) is 1. The molecule has 2 N–H and O–H groups in total. The third kappa shape index (κ3) is 3.54. The number of aromatic nitrogens is 4. The summed E-state index contributed by atoms with van der Waals surface area (Å²) in [4.78, 5) is 8.59. The molecule has 5 rings (SSSR count). The third-order valence-corrected chi connectivity index (χ3v) is 5.49. The van der Waals surface area contributed by atoms with E-state index in [1.165, 1.54) is 11.9 Å².